The number of hydrogen-bond acceptors (Lipinski definition) is 7. The van der Waals surface area contributed by atoms with Gasteiger partial charge in [0.05, 0.1) is 31.3 Å². The summed E-state index contributed by atoms with van der Waals surface area (Å²) < 4.78 is 22.7. The quantitative estimate of drug-likeness (QED) is 0.216. The molecule has 2 atom stereocenters. The average molecular weight is 497 g/mol. The Hall–Kier alpha value is -2.81. The van der Waals surface area contributed by atoms with Crippen LogP contribution < -0.4 is 9.47 Å². The molecule has 0 aromatic heterocycles. The number of fused-ring (bicyclic) bond motifs is 1. The highest BCUT2D eigenvalue weighted by atomic mass is 32.2. The largest absolute Gasteiger partial charge is 0.490 e. The maximum Gasteiger partial charge on any atom is 0.141 e. The van der Waals surface area contributed by atoms with Gasteiger partial charge in [-0.05, 0) is 30.3 Å². The minimum absolute atomic E-state index is 0.0725. The second kappa shape index (κ2) is 14.6. The first kappa shape index (κ1) is 26.8. The third kappa shape index (κ3) is 8.42. The van der Waals surface area contributed by atoms with Crippen LogP contribution >= 0.6 is 11.8 Å². The van der Waals surface area contributed by atoms with Gasteiger partial charge in [0.2, 0.25) is 0 Å². The maximum atomic E-state index is 10.3. The summed E-state index contributed by atoms with van der Waals surface area (Å²) in [6, 6.07) is 19.7. The molecule has 3 rings (SSSR count). The molecule has 3 aromatic rings. The molecule has 6 nitrogen and oxygen atoms in total. The highest BCUT2D eigenvalue weighted by Crippen LogP contribution is 2.42. The van der Waals surface area contributed by atoms with Gasteiger partial charge in [-0.25, -0.2) is 0 Å². The van der Waals surface area contributed by atoms with E-state index in [4.69, 9.17) is 18.9 Å². The molecule has 7 heteroatoms. The normalized spacial score (nSPS) is 12.7. The molecule has 35 heavy (non-hydrogen) atoms. The lowest BCUT2D eigenvalue weighted by atomic mass is 10.1. The van der Waals surface area contributed by atoms with Gasteiger partial charge in [-0.15, -0.1) is 13.2 Å². The molecule has 0 bridgehead atoms. The van der Waals surface area contributed by atoms with Crippen molar-refractivity contribution in [1.29, 1.82) is 0 Å². The SMILES string of the molecule is C=CCOCC(O)COc1cccc2c(OCC(O)COCC=C)c(Sc3ccccc3)ccc12. The van der Waals surface area contributed by atoms with Crippen LogP contribution in [0.4, 0.5) is 0 Å². The zero-order valence-corrected chi connectivity index (χ0v) is 20.5. The Kier molecular flexibility index (Phi) is 11.1. The van der Waals surface area contributed by atoms with Crippen LogP contribution in [-0.2, 0) is 9.47 Å². The molecule has 0 aliphatic rings. The predicted octanol–water partition coefficient (Wildman–Crippen LogP) is 4.88. The van der Waals surface area contributed by atoms with Crippen LogP contribution in [-0.4, -0.2) is 62.1 Å². The van der Waals surface area contributed by atoms with Crippen molar-refractivity contribution < 1.29 is 29.2 Å². The molecule has 0 amide bonds. The number of hydrogen-bond donors (Lipinski definition) is 2. The average Bonchev–Trinajstić information content (AvgIpc) is 2.87. The Morgan fingerprint density at radius 2 is 1.37 bits per heavy atom. The fraction of sp³-hybridized carbons (Fsp3) is 0.286. The fourth-order valence-corrected chi connectivity index (χ4v) is 4.23. The van der Waals surface area contributed by atoms with E-state index < -0.39 is 12.2 Å². The first-order valence-corrected chi connectivity index (χ1v) is 12.2. The highest BCUT2D eigenvalue weighted by Gasteiger charge is 2.16. The molecule has 0 radical (unpaired) electrons. The van der Waals surface area contributed by atoms with Gasteiger partial charge < -0.3 is 29.2 Å². The first-order valence-electron chi connectivity index (χ1n) is 11.4. The Bertz CT molecular complexity index is 1070. The summed E-state index contributed by atoms with van der Waals surface area (Å²) in [5.74, 6) is 1.28. The van der Waals surface area contributed by atoms with Gasteiger partial charge >= 0.3 is 0 Å². The Morgan fingerprint density at radius 1 is 0.714 bits per heavy atom. The monoisotopic (exact) mass is 496 g/mol. The highest BCUT2D eigenvalue weighted by molar-refractivity contribution is 7.99. The molecule has 0 fully saturated rings. The molecular formula is C28H32O6S. The van der Waals surface area contributed by atoms with Crippen molar-refractivity contribution in [2.45, 2.75) is 22.0 Å². The molecule has 3 aromatic carbocycles. The number of ether oxygens (including phenoxy) is 4. The molecule has 0 saturated carbocycles. The van der Waals surface area contributed by atoms with Crippen LogP contribution in [0.25, 0.3) is 10.8 Å². The summed E-state index contributed by atoms with van der Waals surface area (Å²) in [7, 11) is 0. The number of aliphatic hydroxyl groups is 2. The van der Waals surface area contributed by atoms with Crippen molar-refractivity contribution in [3.63, 3.8) is 0 Å². The molecule has 2 N–H and O–H groups in total. The van der Waals surface area contributed by atoms with E-state index in [-0.39, 0.29) is 26.4 Å². The lowest BCUT2D eigenvalue weighted by molar-refractivity contribution is 0.0210. The van der Waals surface area contributed by atoms with Crippen LogP contribution in [0.1, 0.15) is 0 Å². The van der Waals surface area contributed by atoms with Crippen molar-refractivity contribution in [1.82, 2.24) is 0 Å². The van der Waals surface area contributed by atoms with Crippen LogP contribution in [0, 0.1) is 0 Å². The summed E-state index contributed by atoms with van der Waals surface area (Å²) in [6.07, 6.45) is 1.72. The third-order valence-electron chi connectivity index (χ3n) is 4.85. The van der Waals surface area contributed by atoms with Gasteiger partial charge in [0.15, 0.2) is 0 Å². The summed E-state index contributed by atoms with van der Waals surface area (Å²) in [5, 5.41) is 22.2. The minimum Gasteiger partial charge on any atom is -0.490 e. The van der Waals surface area contributed by atoms with E-state index in [0.29, 0.717) is 24.7 Å². The minimum atomic E-state index is -0.787. The van der Waals surface area contributed by atoms with Crippen LogP contribution in [0.5, 0.6) is 11.5 Å². The van der Waals surface area contributed by atoms with E-state index in [9.17, 15) is 10.2 Å². The van der Waals surface area contributed by atoms with Gasteiger partial charge in [0, 0.05) is 15.7 Å². The summed E-state index contributed by atoms with van der Waals surface area (Å²) >= 11 is 1.58. The van der Waals surface area contributed by atoms with Crippen LogP contribution in [0.3, 0.4) is 0 Å². The van der Waals surface area contributed by atoms with Gasteiger partial charge in [0.1, 0.15) is 36.9 Å². The third-order valence-corrected chi connectivity index (χ3v) is 5.90. The summed E-state index contributed by atoms with van der Waals surface area (Å²) in [5.41, 5.74) is 0. The predicted molar refractivity (Wildman–Crippen MR) is 140 cm³/mol. The Balaban J connectivity index is 1.83. The molecule has 186 valence electrons. The first-order chi connectivity index (χ1) is 17.1. The molecule has 0 spiro atoms. The molecule has 2 unspecified atom stereocenters. The Morgan fingerprint density at radius 3 is 2.03 bits per heavy atom. The van der Waals surface area contributed by atoms with E-state index in [1.807, 2.05) is 60.7 Å². The van der Waals surface area contributed by atoms with E-state index in [0.717, 1.165) is 20.6 Å². The van der Waals surface area contributed by atoms with Crippen LogP contribution in [0.2, 0.25) is 0 Å². The second-order valence-corrected chi connectivity index (χ2v) is 8.86. The molecule has 0 aliphatic carbocycles. The summed E-state index contributed by atoms with van der Waals surface area (Å²) in [6.45, 7) is 8.42. The van der Waals surface area contributed by atoms with Crippen molar-refractivity contribution in [2.75, 3.05) is 39.6 Å². The summed E-state index contributed by atoms with van der Waals surface area (Å²) in [4.78, 5) is 1.99. The lowest BCUT2D eigenvalue weighted by Crippen LogP contribution is -2.24. The molecule has 0 heterocycles. The van der Waals surface area contributed by atoms with Crippen LogP contribution in [0.15, 0.2) is 95.8 Å². The van der Waals surface area contributed by atoms with Crippen molar-refractivity contribution in [3.05, 3.63) is 86.0 Å². The van der Waals surface area contributed by atoms with Crippen molar-refractivity contribution in [2.24, 2.45) is 0 Å². The van der Waals surface area contributed by atoms with Gasteiger partial charge in [-0.1, -0.05) is 54.2 Å². The maximum absolute atomic E-state index is 10.3. The van der Waals surface area contributed by atoms with E-state index in [1.54, 1.807) is 23.9 Å². The fourth-order valence-electron chi connectivity index (χ4n) is 3.29. The smallest absolute Gasteiger partial charge is 0.141 e. The number of aliphatic hydroxyl groups excluding tert-OH is 2. The van der Waals surface area contributed by atoms with Crippen molar-refractivity contribution in [3.8, 4) is 11.5 Å². The lowest BCUT2D eigenvalue weighted by Gasteiger charge is -2.19. The second-order valence-electron chi connectivity index (χ2n) is 7.74. The Labute approximate surface area is 210 Å². The number of benzene rings is 3. The zero-order valence-electron chi connectivity index (χ0n) is 19.7. The van der Waals surface area contributed by atoms with Crippen molar-refractivity contribution >= 4 is 22.5 Å². The standard InChI is InChI=1S/C28H32O6S/c1-3-15-31-17-21(29)19-33-26-12-8-11-25-24(26)13-14-27(35-23-9-6-5-7-10-23)28(25)34-20-22(30)18-32-16-4-2/h3-14,21-22,29-30H,1-2,15-20H2. The number of rotatable bonds is 16. The van der Waals surface area contributed by atoms with E-state index >= 15 is 0 Å². The molecule has 0 aliphatic heterocycles. The topological polar surface area (TPSA) is 77.4 Å². The van der Waals surface area contributed by atoms with E-state index in [1.165, 1.54) is 0 Å². The zero-order chi connectivity index (χ0) is 24.9. The van der Waals surface area contributed by atoms with E-state index in [2.05, 4.69) is 13.2 Å². The van der Waals surface area contributed by atoms with Gasteiger partial charge in [0.25, 0.3) is 0 Å². The molecular weight excluding hydrogens is 464 g/mol. The van der Waals surface area contributed by atoms with Gasteiger partial charge in [-0.2, -0.15) is 0 Å². The molecule has 0 saturated heterocycles. The van der Waals surface area contributed by atoms with Gasteiger partial charge in [-0.3, -0.25) is 0 Å².